The summed E-state index contributed by atoms with van der Waals surface area (Å²) in [7, 11) is 0. The fourth-order valence-corrected chi connectivity index (χ4v) is 2.88. The van der Waals surface area contributed by atoms with Crippen molar-refractivity contribution in [3.63, 3.8) is 0 Å². The number of aromatic amines is 1. The monoisotopic (exact) mass is 414 g/mol. The molecular formula is C18H15BrN4O3. The van der Waals surface area contributed by atoms with Crippen molar-refractivity contribution in [2.45, 2.75) is 13.3 Å². The molecule has 0 aliphatic heterocycles. The molecule has 7 nitrogen and oxygen atoms in total. The molecule has 26 heavy (non-hydrogen) atoms. The third kappa shape index (κ3) is 3.97. The van der Waals surface area contributed by atoms with Crippen molar-refractivity contribution < 1.29 is 9.72 Å². The number of nitro groups is 1. The molecule has 1 heterocycles. The Morgan fingerprint density at radius 1 is 1.27 bits per heavy atom. The van der Waals surface area contributed by atoms with Crippen molar-refractivity contribution in [3.8, 4) is 11.3 Å². The standard InChI is InChI=1S/C18H15BrN4O3/c1-11-17(19)18(22-21-11)13-3-2-4-14(10-13)20-16(24)9-12-5-7-15(8-6-12)23(25)26/h2-8,10H,9H2,1H3,(H,20,24)(H,21,22). The molecule has 0 saturated carbocycles. The zero-order chi connectivity index (χ0) is 18.7. The van der Waals surface area contributed by atoms with Gasteiger partial charge < -0.3 is 5.32 Å². The maximum Gasteiger partial charge on any atom is 0.269 e. The summed E-state index contributed by atoms with van der Waals surface area (Å²) in [6, 6.07) is 13.3. The number of anilines is 1. The minimum atomic E-state index is -0.468. The molecule has 3 aromatic rings. The van der Waals surface area contributed by atoms with Crippen LogP contribution >= 0.6 is 15.9 Å². The highest BCUT2D eigenvalue weighted by molar-refractivity contribution is 9.10. The number of carbonyl (C=O) groups excluding carboxylic acids is 1. The second kappa shape index (κ2) is 7.49. The zero-order valence-electron chi connectivity index (χ0n) is 13.8. The first kappa shape index (κ1) is 17.8. The van der Waals surface area contributed by atoms with E-state index >= 15 is 0 Å². The summed E-state index contributed by atoms with van der Waals surface area (Å²) in [6.45, 7) is 1.91. The van der Waals surface area contributed by atoms with Gasteiger partial charge in [0.15, 0.2) is 0 Å². The van der Waals surface area contributed by atoms with Crippen LogP contribution in [0.3, 0.4) is 0 Å². The topological polar surface area (TPSA) is 101 Å². The fourth-order valence-electron chi connectivity index (χ4n) is 2.48. The van der Waals surface area contributed by atoms with E-state index in [9.17, 15) is 14.9 Å². The van der Waals surface area contributed by atoms with Gasteiger partial charge in [0.25, 0.3) is 5.69 Å². The maximum absolute atomic E-state index is 12.2. The molecule has 0 aliphatic carbocycles. The maximum atomic E-state index is 12.2. The average molecular weight is 415 g/mol. The number of aryl methyl sites for hydroxylation is 1. The Labute approximate surface area is 157 Å². The second-order valence-corrected chi connectivity index (χ2v) is 6.53. The molecule has 1 aromatic heterocycles. The Hall–Kier alpha value is -3.00. The van der Waals surface area contributed by atoms with Crippen LogP contribution in [0.1, 0.15) is 11.3 Å². The van der Waals surface area contributed by atoms with E-state index in [4.69, 9.17) is 0 Å². The van der Waals surface area contributed by atoms with Crippen LogP contribution in [0.4, 0.5) is 11.4 Å². The van der Waals surface area contributed by atoms with Crippen LogP contribution in [0.15, 0.2) is 53.0 Å². The van der Waals surface area contributed by atoms with E-state index < -0.39 is 4.92 Å². The molecule has 3 rings (SSSR count). The number of nitro benzene ring substituents is 1. The molecule has 0 radical (unpaired) electrons. The van der Waals surface area contributed by atoms with Crippen LogP contribution in [0, 0.1) is 17.0 Å². The summed E-state index contributed by atoms with van der Waals surface area (Å²) in [5, 5.41) is 20.7. The molecule has 0 fully saturated rings. The average Bonchev–Trinajstić information content (AvgIpc) is 2.94. The number of benzene rings is 2. The van der Waals surface area contributed by atoms with Gasteiger partial charge in [0, 0.05) is 29.1 Å². The molecule has 0 bridgehead atoms. The predicted octanol–water partition coefficient (Wildman–Crippen LogP) is 4.24. The normalized spacial score (nSPS) is 10.5. The summed E-state index contributed by atoms with van der Waals surface area (Å²) < 4.78 is 0.881. The number of nitrogens with zero attached hydrogens (tertiary/aromatic N) is 2. The molecule has 0 unspecified atom stereocenters. The van der Waals surface area contributed by atoms with Gasteiger partial charge in [0.2, 0.25) is 5.91 Å². The number of non-ortho nitro benzene ring substituents is 1. The largest absolute Gasteiger partial charge is 0.326 e. The van der Waals surface area contributed by atoms with Crippen molar-refractivity contribution in [1.82, 2.24) is 10.2 Å². The predicted molar refractivity (Wildman–Crippen MR) is 102 cm³/mol. The number of nitrogens with one attached hydrogen (secondary N) is 2. The van der Waals surface area contributed by atoms with Gasteiger partial charge in [0.05, 0.1) is 15.8 Å². The summed E-state index contributed by atoms with van der Waals surface area (Å²) in [4.78, 5) is 22.4. The highest BCUT2D eigenvalue weighted by atomic mass is 79.9. The van der Waals surface area contributed by atoms with Gasteiger partial charge in [-0.05, 0) is 40.5 Å². The first-order valence-electron chi connectivity index (χ1n) is 7.78. The highest BCUT2D eigenvalue weighted by Crippen LogP contribution is 2.29. The van der Waals surface area contributed by atoms with Crippen molar-refractivity contribution in [2.75, 3.05) is 5.32 Å². The first-order chi connectivity index (χ1) is 12.4. The number of rotatable bonds is 5. The molecule has 8 heteroatoms. The minimum Gasteiger partial charge on any atom is -0.326 e. The molecule has 0 saturated heterocycles. The van der Waals surface area contributed by atoms with Crippen LogP contribution in [0.5, 0.6) is 0 Å². The van der Waals surface area contributed by atoms with Crippen LogP contribution in [0.2, 0.25) is 0 Å². The molecule has 132 valence electrons. The molecule has 0 atom stereocenters. The molecular weight excluding hydrogens is 400 g/mol. The highest BCUT2D eigenvalue weighted by Gasteiger charge is 2.11. The van der Waals surface area contributed by atoms with Crippen molar-refractivity contribution >= 4 is 33.2 Å². The molecule has 2 N–H and O–H groups in total. The zero-order valence-corrected chi connectivity index (χ0v) is 15.4. The second-order valence-electron chi connectivity index (χ2n) is 5.74. The van der Waals surface area contributed by atoms with Crippen molar-refractivity contribution in [3.05, 3.63) is 74.4 Å². The Morgan fingerprint density at radius 2 is 2.00 bits per heavy atom. The van der Waals surface area contributed by atoms with Crippen molar-refractivity contribution in [1.29, 1.82) is 0 Å². The van der Waals surface area contributed by atoms with Gasteiger partial charge in [0.1, 0.15) is 5.69 Å². The Balaban J connectivity index is 1.70. The van der Waals surface area contributed by atoms with Crippen molar-refractivity contribution in [2.24, 2.45) is 0 Å². The SMILES string of the molecule is Cc1[nH]nc(-c2cccc(NC(=O)Cc3ccc([N+](=O)[O-])cc3)c2)c1Br. The number of H-pyrrole nitrogens is 1. The summed E-state index contributed by atoms with van der Waals surface area (Å²) >= 11 is 3.49. The van der Waals surface area contributed by atoms with Gasteiger partial charge in [-0.25, -0.2) is 0 Å². The van der Waals surface area contributed by atoms with Crippen LogP contribution in [0.25, 0.3) is 11.3 Å². The smallest absolute Gasteiger partial charge is 0.269 e. The third-order valence-corrected chi connectivity index (χ3v) is 4.77. The molecule has 1 amide bonds. The molecule has 0 spiro atoms. The number of carbonyl (C=O) groups is 1. The van der Waals surface area contributed by atoms with Gasteiger partial charge in [-0.3, -0.25) is 20.0 Å². The lowest BCUT2D eigenvalue weighted by atomic mass is 10.1. The van der Waals surface area contributed by atoms with Gasteiger partial charge >= 0.3 is 0 Å². The van der Waals surface area contributed by atoms with E-state index in [0.717, 1.165) is 21.4 Å². The lowest BCUT2D eigenvalue weighted by molar-refractivity contribution is -0.384. The van der Waals surface area contributed by atoms with E-state index in [0.29, 0.717) is 11.3 Å². The number of aromatic nitrogens is 2. The quantitative estimate of drug-likeness (QED) is 0.481. The minimum absolute atomic E-state index is 0.00160. The molecule has 0 aliphatic rings. The molecule has 2 aromatic carbocycles. The Kier molecular flexibility index (Phi) is 5.13. The fraction of sp³-hybridized carbons (Fsp3) is 0.111. The lowest BCUT2D eigenvalue weighted by Crippen LogP contribution is -2.14. The summed E-state index contributed by atoms with van der Waals surface area (Å²) in [5.74, 6) is -0.201. The van der Waals surface area contributed by atoms with E-state index in [1.54, 1.807) is 18.2 Å². The van der Waals surface area contributed by atoms with Gasteiger partial charge in [-0.1, -0.05) is 24.3 Å². The van der Waals surface area contributed by atoms with E-state index in [2.05, 4.69) is 31.4 Å². The first-order valence-corrected chi connectivity index (χ1v) is 8.57. The Morgan fingerprint density at radius 3 is 2.62 bits per heavy atom. The summed E-state index contributed by atoms with van der Waals surface area (Å²) in [6.07, 6.45) is 0.132. The van der Waals surface area contributed by atoms with E-state index in [-0.39, 0.29) is 18.0 Å². The van der Waals surface area contributed by atoms with E-state index in [1.165, 1.54) is 12.1 Å². The number of hydrogen-bond donors (Lipinski definition) is 2. The Bertz CT molecular complexity index is 967. The summed E-state index contributed by atoms with van der Waals surface area (Å²) in [5.41, 5.74) is 3.93. The van der Waals surface area contributed by atoms with Crippen LogP contribution in [-0.2, 0) is 11.2 Å². The van der Waals surface area contributed by atoms with E-state index in [1.807, 2.05) is 25.1 Å². The number of amides is 1. The third-order valence-electron chi connectivity index (χ3n) is 3.80. The number of halogens is 1. The lowest BCUT2D eigenvalue weighted by Gasteiger charge is -2.07. The van der Waals surface area contributed by atoms with Gasteiger partial charge in [-0.2, -0.15) is 5.10 Å². The van der Waals surface area contributed by atoms with Crippen LogP contribution in [-0.4, -0.2) is 21.0 Å². The number of hydrogen-bond acceptors (Lipinski definition) is 4. The van der Waals surface area contributed by atoms with Gasteiger partial charge in [-0.15, -0.1) is 0 Å². The van der Waals surface area contributed by atoms with Crippen LogP contribution < -0.4 is 5.32 Å².